The maximum Gasteiger partial charge on any atom is 0.236 e. The SMILES string of the molecule is CN(CCc1ccncc1)CC(=O)N1CCN(c2ccccc2F)CC1. The average molecular weight is 356 g/mol. The number of pyridine rings is 1. The first kappa shape index (κ1) is 18.3. The van der Waals surface area contributed by atoms with Crippen LogP contribution < -0.4 is 4.90 Å². The number of nitrogens with zero attached hydrogens (tertiary/aromatic N) is 4. The van der Waals surface area contributed by atoms with E-state index in [9.17, 15) is 9.18 Å². The Labute approximate surface area is 154 Å². The molecule has 0 atom stereocenters. The number of hydrogen-bond donors (Lipinski definition) is 0. The van der Waals surface area contributed by atoms with Crippen LogP contribution in [0, 0.1) is 5.82 Å². The molecule has 26 heavy (non-hydrogen) atoms. The van der Waals surface area contributed by atoms with Gasteiger partial charge in [-0.25, -0.2) is 4.39 Å². The van der Waals surface area contributed by atoms with Gasteiger partial charge in [0.1, 0.15) is 5.82 Å². The normalized spacial score (nSPS) is 14.7. The van der Waals surface area contributed by atoms with Crippen LogP contribution >= 0.6 is 0 Å². The third kappa shape index (κ3) is 4.79. The molecule has 6 heteroatoms. The fourth-order valence-electron chi connectivity index (χ4n) is 3.18. The maximum absolute atomic E-state index is 13.9. The summed E-state index contributed by atoms with van der Waals surface area (Å²) in [6.45, 7) is 3.81. The van der Waals surface area contributed by atoms with Gasteiger partial charge in [-0.1, -0.05) is 12.1 Å². The Morgan fingerprint density at radius 1 is 1.12 bits per heavy atom. The van der Waals surface area contributed by atoms with Gasteiger partial charge in [-0.2, -0.15) is 0 Å². The summed E-state index contributed by atoms with van der Waals surface area (Å²) in [6.07, 6.45) is 4.47. The Bertz CT molecular complexity index is 717. The van der Waals surface area contributed by atoms with Gasteiger partial charge in [-0.05, 0) is 43.3 Å². The minimum atomic E-state index is -0.205. The molecule has 0 spiro atoms. The standard InChI is InChI=1S/C20H25FN4O/c1-23(11-8-17-6-9-22-10-7-17)16-20(26)25-14-12-24(13-15-25)19-5-3-2-4-18(19)21/h2-7,9-10H,8,11-16H2,1H3. The fraction of sp³-hybridized carbons (Fsp3) is 0.400. The highest BCUT2D eigenvalue weighted by molar-refractivity contribution is 5.78. The van der Waals surface area contributed by atoms with Gasteiger partial charge < -0.3 is 9.80 Å². The number of rotatable bonds is 6. The van der Waals surface area contributed by atoms with Crippen LogP contribution in [0.15, 0.2) is 48.8 Å². The van der Waals surface area contributed by atoms with E-state index < -0.39 is 0 Å². The van der Waals surface area contributed by atoms with Crippen LogP contribution in [0.2, 0.25) is 0 Å². The summed E-state index contributed by atoms with van der Waals surface area (Å²) in [7, 11) is 1.97. The van der Waals surface area contributed by atoms with Gasteiger partial charge in [0, 0.05) is 45.1 Å². The summed E-state index contributed by atoms with van der Waals surface area (Å²) in [5, 5.41) is 0. The third-order valence-corrected chi connectivity index (χ3v) is 4.76. The van der Waals surface area contributed by atoms with Crippen molar-refractivity contribution < 1.29 is 9.18 Å². The van der Waals surface area contributed by atoms with Gasteiger partial charge in [-0.3, -0.25) is 14.7 Å². The Morgan fingerprint density at radius 2 is 1.81 bits per heavy atom. The smallest absolute Gasteiger partial charge is 0.236 e. The summed E-state index contributed by atoms with van der Waals surface area (Å²) < 4.78 is 13.9. The Balaban J connectivity index is 1.44. The number of carbonyl (C=O) groups is 1. The van der Waals surface area contributed by atoms with Crippen LogP contribution in [0.1, 0.15) is 5.56 Å². The van der Waals surface area contributed by atoms with Crippen molar-refractivity contribution in [3.8, 4) is 0 Å². The molecule has 5 nitrogen and oxygen atoms in total. The van der Waals surface area contributed by atoms with E-state index in [4.69, 9.17) is 0 Å². The van der Waals surface area contributed by atoms with Crippen LogP contribution in [0.25, 0.3) is 0 Å². The summed E-state index contributed by atoms with van der Waals surface area (Å²) in [4.78, 5) is 22.5. The highest BCUT2D eigenvalue weighted by atomic mass is 19.1. The summed E-state index contributed by atoms with van der Waals surface area (Å²) >= 11 is 0. The first-order chi connectivity index (χ1) is 12.6. The quantitative estimate of drug-likeness (QED) is 0.794. The molecule has 1 fully saturated rings. The predicted octanol–water partition coefficient (Wildman–Crippen LogP) is 2.04. The Kier molecular flexibility index (Phi) is 6.17. The van der Waals surface area contributed by atoms with Crippen LogP contribution in [0.4, 0.5) is 10.1 Å². The number of hydrogen-bond acceptors (Lipinski definition) is 4. The third-order valence-electron chi connectivity index (χ3n) is 4.76. The van der Waals surface area contributed by atoms with E-state index in [2.05, 4.69) is 4.98 Å². The number of para-hydroxylation sites is 1. The van der Waals surface area contributed by atoms with Gasteiger partial charge in [0.25, 0.3) is 0 Å². The number of likely N-dealkylation sites (N-methyl/N-ethyl adjacent to an activating group) is 1. The molecule has 138 valence electrons. The first-order valence-electron chi connectivity index (χ1n) is 8.98. The zero-order valence-corrected chi connectivity index (χ0v) is 15.1. The van der Waals surface area contributed by atoms with Crippen LogP contribution in [-0.2, 0) is 11.2 Å². The molecule has 0 aliphatic carbocycles. The fourth-order valence-corrected chi connectivity index (χ4v) is 3.18. The number of anilines is 1. The van der Waals surface area contributed by atoms with Crippen molar-refractivity contribution in [1.82, 2.24) is 14.8 Å². The molecule has 2 heterocycles. The van der Waals surface area contributed by atoms with Crippen molar-refractivity contribution in [2.45, 2.75) is 6.42 Å². The molecule has 1 amide bonds. The highest BCUT2D eigenvalue weighted by Crippen LogP contribution is 2.20. The Hall–Kier alpha value is -2.47. The predicted molar refractivity (Wildman–Crippen MR) is 101 cm³/mol. The van der Waals surface area contributed by atoms with E-state index >= 15 is 0 Å². The highest BCUT2D eigenvalue weighted by Gasteiger charge is 2.23. The number of aromatic nitrogens is 1. The van der Waals surface area contributed by atoms with E-state index in [1.54, 1.807) is 24.5 Å². The molecule has 2 aromatic rings. The maximum atomic E-state index is 13.9. The summed E-state index contributed by atoms with van der Waals surface area (Å²) in [6, 6.07) is 10.8. The lowest BCUT2D eigenvalue weighted by Gasteiger charge is -2.36. The zero-order valence-electron chi connectivity index (χ0n) is 15.1. The van der Waals surface area contributed by atoms with Crippen molar-refractivity contribution in [1.29, 1.82) is 0 Å². The van der Waals surface area contributed by atoms with Crippen molar-refractivity contribution >= 4 is 11.6 Å². The average Bonchev–Trinajstić information content (AvgIpc) is 2.68. The molecule has 0 N–H and O–H groups in total. The van der Waals surface area contributed by atoms with E-state index in [1.165, 1.54) is 11.6 Å². The zero-order chi connectivity index (χ0) is 18.4. The molecule has 1 saturated heterocycles. The van der Waals surface area contributed by atoms with Crippen LogP contribution in [-0.4, -0.2) is 67.0 Å². The molecule has 0 unspecified atom stereocenters. The minimum absolute atomic E-state index is 0.135. The molecule has 1 aromatic carbocycles. The second-order valence-electron chi connectivity index (χ2n) is 6.66. The van der Waals surface area contributed by atoms with Crippen molar-refractivity contribution in [3.05, 3.63) is 60.2 Å². The lowest BCUT2D eigenvalue weighted by atomic mass is 10.2. The van der Waals surface area contributed by atoms with E-state index in [1.807, 2.05) is 39.9 Å². The topological polar surface area (TPSA) is 39.7 Å². The monoisotopic (exact) mass is 356 g/mol. The second kappa shape index (κ2) is 8.76. The molecule has 3 rings (SSSR count). The number of carbonyl (C=O) groups excluding carboxylic acids is 1. The lowest BCUT2D eigenvalue weighted by Crippen LogP contribution is -2.51. The molecule has 0 saturated carbocycles. The number of benzene rings is 1. The molecule has 1 aromatic heterocycles. The summed E-state index contributed by atoms with van der Waals surface area (Å²) in [5.74, 6) is -0.0708. The van der Waals surface area contributed by atoms with Gasteiger partial charge in [-0.15, -0.1) is 0 Å². The second-order valence-corrected chi connectivity index (χ2v) is 6.66. The number of amides is 1. The molecule has 1 aliphatic rings. The molecule has 0 radical (unpaired) electrons. The van der Waals surface area contributed by atoms with E-state index in [0.29, 0.717) is 38.4 Å². The van der Waals surface area contributed by atoms with Crippen molar-refractivity contribution in [2.75, 3.05) is 51.2 Å². The van der Waals surface area contributed by atoms with Crippen LogP contribution in [0.5, 0.6) is 0 Å². The van der Waals surface area contributed by atoms with Gasteiger partial charge in [0.2, 0.25) is 5.91 Å². The number of piperazine rings is 1. The molecule has 0 bridgehead atoms. The first-order valence-corrected chi connectivity index (χ1v) is 8.98. The molecular weight excluding hydrogens is 331 g/mol. The van der Waals surface area contributed by atoms with Gasteiger partial charge in [0.15, 0.2) is 0 Å². The van der Waals surface area contributed by atoms with E-state index in [-0.39, 0.29) is 11.7 Å². The molecular formula is C20H25FN4O. The van der Waals surface area contributed by atoms with Crippen LogP contribution in [0.3, 0.4) is 0 Å². The van der Waals surface area contributed by atoms with Crippen molar-refractivity contribution in [3.63, 3.8) is 0 Å². The van der Waals surface area contributed by atoms with Gasteiger partial charge in [0.05, 0.1) is 12.2 Å². The van der Waals surface area contributed by atoms with Crippen molar-refractivity contribution in [2.24, 2.45) is 0 Å². The number of halogens is 1. The lowest BCUT2D eigenvalue weighted by molar-refractivity contribution is -0.132. The summed E-state index contributed by atoms with van der Waals surface area (Å²) in [5.41, 5.74) is 1.84. The minimum Gasteiger partial charge on any atom is -0.366 e. The largest absolute Gasteiger partial charge is 0.366 e. The Morgan fingerprint density at radius 3 is 2.50 bits per heavy atom. The van der Waals surface area contributed by atoms with Gasteiger partial charge >= 0.3 is 0 Å². The molecule has 1 aliphatic heterocycles. The van der Waals surface area contributed by atoms with E-state index in [0.717, 1.165) is 13.0 Å².